The predicted octanol–water partition coefficient (Wildman–Crippen LogP) is 1.45. The van der Waals surface area contributed by atoms with E-state index in [0.717, 1.165) is 12.8 Å². The van der Waals surface area contributed by atoms with Crippen LogP contribution in [0.25, 0.3) is 0 Å². The van der Waals surface area contributed by atoms with E-state index < -0.39 is 0 Å². The standard InChI is InChI=1S/C14H31N3O/c1-10(2)7-12(17(5)6)9-16-14(18)13(15)8-11(3)4/h10-13H,7-9,15H2,1-6H3,(H,16,18)/t12?,13-/m1/s1. The molecular weight excluding hydrogens is 226 g/mol. The fourth-order valence-electron chi connectivity index (χ4n) is 1.99. The molecule has 0 aromatic heterocycles. The van der Waals surface area contributed by atoms with Crippen LogP contribution in [0.15, 0.2) is 0 Å². The zero-order valence-electron chi connectivity index (χ0n) is 12.9. The number of amides is 1. The van der Waals surface area contributed by atoms with Crippen LogP contribution in [0.1, 0.15) is 40.5 Å². The van der Waals surface area contributed by atoms with Gasteiger partial charge in [-0.15, -0.1) is 0 Å². The Morgan fingerprint density at radius 3 is 2.00 bits per heavy atom. The van der Waals surface area contributed by atoms with E-state index in [-0.39, 0.29) is 11.9 Å². The molecule has 108 valence electrons. The lowest BCUT2D eigenvalue weighted by atomic mass is 10.0. The van der Waals surface area contributed by atoms with E-state index in [4.69, 9.17) is 5.73 Å². The monoisotopic (exact) mass is 257 g/mol. The molecule has 0 rings (SSSR count). The lowest BCUT2D eigenvalue weighted by Gasteiger charge is -2.27. The van der Waals surface area contributed by atoms with E-state index >= 15 is 0 Å². The molecule has 2 atom stereocenters. The van der Waals surface area contributed by atoms with Crippen LogP contribution in [0.2, 0.25) is 0 Å². The molecule has 18 heavy (non-hydrogen) atoms. The molecule has 0 aliphatic heterocycles. The first kappa shape index (κ1) is 17.4. The normalized spacial score (nSPS) is 15.2. The van der Waals surface area contributed by atoms with Crippen molar-refractivity contribution in [2.45, 2.75) is 52.6 Å². The Morgan fingerprint density at radius 2 is 1.61 bits per heavy atom. The van der Waals surface area contributed by atoms with Crippen LogP contribution in [0, 0.1) is 11.8 Å². The van der Waals surface area contributed by atoms with Gasteiger partial charge in [-0.25, -0.2) is 0 Å². The van der Waals surface area contributed by atoms with Gasteiger partial charge in [-0.3, -0.25) is 4.79 Å². The summed E-state index contributed by atoms with van der Waals surface area (Å²) < 4.78 is 0. The second-order valence-electron chi connectivity index (χ2n) is 6.23. The minimum absolute atomic E-state index is 0.0284. The van der Waals surface area contributed by atoms with Crippen LogP contribution in [0.5, 0.6) is 0 Å². The van der Waals surface area contributed by atoms with Gasteiger partial charge in [0.05, 0.1) is 6.04 Å². The number of nitrogens with one attached hydrogen (secondary N) is 1. The lowest BCUT2D eigenvalue weighted by molar-refractivity contribution is -0.122. The molecule has 0 aromatic rings. The molecule has 0 spiro atoms. The summed E-state index contributed by atoms with van der Waals surface area (Å²) in [6, 6.07) is -0.00735. The summed E-state index contributed by atoms with van der Waals surface area (Å²) in [6.45, 7) is 9.23. The summed E-state index contributed by atoms with van der Waals surface area (Å²) in [5, 5.41) is 2.97. The average molecular weight is 257 g/mol. The van der Waals surface area contributed by atoms with Crippen molar-refractivity contribution in [3.8, 4) is 0 Å². The number of rotatable bonds is 8. The molecule has 0 aliphatic rings. The van der Waals surface area contributed by atoms with Crippen LogP contribution < -0.4 is 11.1 Å². The average Bonchev–Trinajstić information content (AvgIpc) is 2.21. The molecule has 0 saturated heterocycles. The van der Waals surface area contributed by atoms with Crippen molar-refractivity contribution in [3.05, 3.63) is 0 Å². The molecule has 1 unspecified atom stereocenters. The van der Waals surface area contributed by atoms with Crippen molar-refractivity contribution in [1.82, 2.24) is 10.2 Å². The SMILES string of the molecule is CC(C)CC(CNC(=O)[C@H](N)CC(C)C)N(C)C. The van der Waals surface area contributed by atoms with E-state index in [1.165, 1.54) is 0 Å². The summed E-state index contributed by atoms with van der Waals surface area (Å²) >= 11 is 0. The minimum atomic E-state index is -0.383. The number of carbonyl (C=O) groups excluding carboxylic acids is 1. The molecule has 0 saturated carbocycles. The Balaban J connectivity index is 4.14. The topological polar surface area (TPSA) is 58.4 Å². The third-order valence-corrected chi connectivity index (χ3v) is 3.05. The zero-order valence-corrected chi connectivity index (χ0v) is 12.9. The van der Waals surface area contributed by atoms with Crippen molar-refractivity contribution in [3.63, 3.8) is 0 Å². The van der Waals surface area contributed by atoms with Gasteiger partial charge in [0.2, 0.25) is 5.91 Å². The Kier molecular flexibility index (Phi) is 8.20. The van der Waals surface area contributed by atoms with E-state index in [9.17, 15) is 4.79 Å². The van der Waals surface area contributed by atoms with Gasteiger partial charge in [0, 0.05) is 12.6 Å². The Labute approximate surface area is 112 Å². The number of hydrogen-bond donors (Lipinski definition) is 2. The van der Waals surface area contributed by atoms with Crippen molar-refractivity contribution in [1.29, 1.82) is 0 Å². The fourth-order valence-corrected chi connectivity index (χ4v) is 1.99. The maximum atomic E-state index is 11.8. The van der Waals surface area contributed by atoms with Gasteiger partial charge in [-0.2, -0.15) is 0 Å². The summed E-state index contributed by atoms with van der Waals surface area (Å²) in [5.74, 6) is 1.05. The maximum Gasteiger partial charge on any atom is 0.236 e. The zero-order chi connectivity index (χ0) is 14.3. The highest BCUT2D eigenvalue weighted by atomic mass is 16.2. The van der Waals surface area contributed by atoms with Crippen molar-refractivity contribution >= 4 is 5.91 Å². The van der Waals surface area contributed by atoms with Gasteiger partial charge >= 0.3 is 0 Å². The van der Waals surface area contributed by atoms with E-state index in [1.54, 1.807) is 0 Å². The van der Waals surface area contributed by atoms with Gasteiger partial charge < -0.3 is 16.0 Å². The van der Waals surface area contributed by atoms with Gasteiger partial charge in [0.1, 0.15) is 0 Å². The molecule has 4 nitrogen and oxygen atoms in total. The van der Waals surface area contributed by atoms with E-state index in [0.29, 0.717) is 24.4 Å². The summed E-state index contributed by atoms with van der Waals surface area (Å²) in [4.78, 5) is 14.0. The Bertz CT molecular complexity index is 239. The summed E-state index contributed by atoms with van der Waals surface area (Å²) in [5.41, 5.74) is 5.86. The molecule has 0 aliphatic carbocycles. The quantitative estimate of drug-likeness (QED) is 0.692. The van der Waals surface area contributed by atoms with Crippen LogP contribution in [0.3, 0.4) is 0 Å². The molecular formula is C14H31N3O. The van der Waals surface area contributed by atoms with Gasteiger partial charge in [0.15, 0.2) is 0 Å². The van der Waals surface area contributed by atoms with Crippen molar-refractivity contribution in [2.75, 3.05) is 20.6 Å². The second kappa shape index (κ2) is 8.48. The number of nitrogens with zero attached hydrogens (tertiary/aromatic N) is 1. The highest BCUT2D eigenvalue weighted by Gasteiger charge is 2.18. The summed E-state index contributed by atoms with van der Waals surface area (Å²) in [6.07, 6.45) is 1.81. The smallest absolute Gasteiger partial charge is 0.236 e. The highest BCUT2D eigenvalue weighted by Crippen LogP contribution is 2.08. The van der Waals surface area contributed by atoms with Crippen LogP contribution in [-0.2, 0) is 4.79 Å². The first-order chi connectivity index (χ1) is 8.23. The van der Waals surface area contributed by atoms with Gasteiger partial charge in [0.25, 0.3) is 0 Å². The van der Waals surface area contributed by atoms with Crippen LogP contribution >= 0.6 is 0 Å². The molecule has 0 radical (unpaired) electrons. The third-order valence-electron chi connectivity index (χ3n) is 3.05. The maximum absolute atomic E-state index is 11.8. The first-order valence-electron chi connectivity index (χ1n) is 6.93. The molecule has 4 heteroatoms. The Hall–Kier alpha value is -0.610. The number of carbonyl (C=O) groups is 1. The predicted molar refractivity (Wildman–Crippen MR) is 77.4 cm³/mol. The fraction of sp³-hybridized carbons (Fsp3) is 0.929. The number of hydrogen-bond acceptors (Lipinski definition) is 3. The summed E-state index contributed by atoms with van der Waals surface area (Å²) in [7, 11) is 4.10. The molecule has 0 bridgehead atoms. The molecule has 0 fully saturated rings. The molecule has 3 N–H and O–H groups in total. The highest BCUT2D eigenvalue weighted by molar-refractivity contribution is 5.81. The Morgan fingerprint density at radius 1 is 1.11 bits per heavy atom. The van der Waals surface area contributed by atoms with Crippen LogP contribution in [-0.4, -0.2) is 43.5 Å². The molecule has 1 amide bonds. The van der Waals surface area contributed by atoms with E-state index in [1.807, 2.05) is 14.1 Å². The first-order valence-corrected chi connectivity index (χ1v) is 6.93. The third kappa shape index (κ3) is 7.67. The minimum Gasteiger partial charge on any atom is -0.353 e. The molecule has 0 heterocycles. The van der Waals surface area contributed by atoms with Crippen molar-refractivity contribution < 1.29 is 4.79 Å². The lowest BCUT2D eigenvalue weighted by Crippen LogP contribution is -2.47. The number of nitrogens with two attached hydrogens (primary N) is 1. The van der Waals surface area contributed by atoms with E-state index in [2.05, 4.69) is 37.9 Å². The second-order valence-corrected chi connectivity index (χ2v) is 6.23. The van der Waals surface area contributed by atoms with Crippen molar-refractivity contribution in [2.24, 2.45) is 17.6 Å². The largest absolute Gasteiger partial charge is 0.353 e. The molecule has 0 aromatic carbocycles. The van der Waals surface area contributed by atoms with Gasteiger partial charge in [-0.05, 0) is 38.8 Å². The van der Waals surface area contributed by atoms with Crippen LogP contribution in [0.4, 0.5) is 0 Å². The van der Waals surface area contributed by atoms with Gasteiger partial charge in [-0.1, -0.05) is 27.7 Å². The number of likely N-dealkylation sites (N-methyl/N-ethyl adjacent to an activating group) is 1.